The molecule has 0 saturated carbocycles. The molecule has 0 aliphatic carbocycles. The Hall–Kier alpha value is -3.28. The van der Waals surface area contributed by atoms with Crippen LogP contribution < -0.4 is 5.32 Å². The average Bonchev–Trinajstić information content (AvgIpc) is 3.15. The highest BCUT2D eigenvalue weighted by molar-refractivity contribution is 7.18. The van der Waals surface area contributed by atoms with Crippen molar-refractivity contribution in [2.45, 2.75) is 20.8 Å². The lowest BCUT2D eigenvalue weighted by Crippen LogP contribution is -2.19. The summed E-state index contributed by atoms with van der Waals surface area (Å²) in [5.74, 6) is -2.24. The van der Waals surface area contributed by atoms with E-state index in [0.29, 0.717) is 0 Å². The lowest BCUT2D eigenvalue weighted by Gasteiger charge is -2.07. The molecule has 0 saturated heterocycles. The molecule has 0 spiro atoms. The number of anilines is 1. The number of hydrogen-bond acceptors (Lipinski definition) is 9. The first kappa shape index (κ1) is 21.0. The molecule has 0 unspecified atom stereocenters. The molecule has 2 rings (SSSR count). The number of hydrogen-bond donors (Lipinski definition) is 1. The number of nitrogens with zero attached hydrogens (tertiary/aromatic N) is 3. The first-order chi connectivity index (χ1) is 13.2. The van der Waals surface area contributed by atoms with E-state index in [2.05, 4.69) is 10.4 Å². The van der Waals surface area contributed by atoms with Gasteiger partial charge in [0.15, 0.2) is 0 Å². The fourth-order valence-corrected chi connectivity index (χ4v) is 3.51. The van der Waals surface area contributed by atoms with Crippen LogP contribution in [-0.2, 0) is 16.5 Å². The van der Waals surface area contributed by atoms with Crippen LogP contribution in [0.3, 0.4) is 0 Å². The number of aryl methyl sites for hydroxylation is 1. The second kappa shape index (κ2) is 8.61. The third kappa shape index (κ3) is 4.01. The Morgan fingerprint density at radius 3 is 2.43 bits per heavy atom. The van der Waals surface area contributed by atoms with Gasteiger partial charge in [-0.1, -0.05) is 0 Å². The lowest BCUT2D eigenvalue weighted by molar-refractivity contribution is -0.385. The fourth-order valence-electron chi connectivity index (χ4n) is 2.43. The largest absolute Gasteiger partial charge is 0.462 e. The maximum Gasteiger partial charge on any atom is 0.348 e. The van der Waals surface area contributed by atoms with Crippen molar-refractivity contribution in [1.82, 2.24) is 9.78 Å². The Bertz CT molecular complexity index is 947. The minimum absolute atomic E-state index is 0.00641. The van der Waals surface area contributed by atoms with Gasteiger partial charge in [-0.15, -0.1) is 11.3 Å². The molecule has 0 bridgehead atoms. The van der Waals surface area contributed by atoms with Crippen molar-refractivity contribution >= 4 is 39.9 Å². The number of ether oxygens (including phenoxy) is 2. The number of amides is 1. The van der Waals surface area contributed by atoms with Gasteiger partial charge in [0.05, 0.1) is 23.7 Å². The van der Waals surface area contributed by atoms with Crippen LogP contribution in [0.15, 0.2) is 6.20 Å². The zero-order valence-corrected chi connectivity index (χ0v) is 16.4. The minimum Gasteiger partial charge on any atom is -0.462 e. The molecule has 12 heteroatoms. The molecule has 0 radical (unpaired) electrons. The van der Waals surface area contributed by atoms with Crippen LogP contribution in [-0.4, -0.2) is 45.8 Å². The Balaban J connectivity index is 2.49. The van der Waals surface area contributed by atoms with E-state index >= 15 is 0 Å². The minimum atomic E-state index is -0.853. The standard InChI is InChI=1S/C16H18N4O7S/c1-5-26-15(22)10-8(3)12(16(23)27-6-2)28-14(10)18-13(21)11-9(20(24)25)7-17-19(11)4/h7H,5-6H2,1-4H3,(H,18,21). The van der Waals surface area contributed by atoms with Crippen LogP contribution in [0.1, 0.15) is 49.9 Å². The van der Waals surface area contributed by atoms with Gasteiger partial charge in [0.2, 0.25) is 5.69 Å². The van der Waals surface area contributed by atoms with E-state index in [0.717, 1.165) is 22.2 Å². The number of nitro groups is 1. The van der Waals surface area contributed by atoms with Crippen LogP contribution in [0.4, 0.5) is 10.7 Å². The number of carbonyl (C=O) groups is 3. The molecule has 0 aliphatic heterocycles. The molecule has 2 heterocycles. The summed E-state index contributed by atoms with van der Waals surface area (Å²) in [6, 6.07) is 0. The summed E-state index contributed by atoms with van der Waals surface area (Å²) in [5.41, 5.74) is -0.509. The van der Waals surface area contributed by atoms with Gasteiger partial charge in [0, 0.05) is 7.05 Å². The Labute approximate surface area is 163 Å². The summed E-state index contributed by atoms with van der Waals surface area (Å²) >= 11 is 0.827. The van der Waals surface area contributed by atoms with E-state index in [1.54, 1.807) is 13.8 Å². The van der Waals surface area contributed by atoms with E-state index in [1.807, 2.05) is 0 Å². The molecule has 2 aromatic heterocycles. The molecular formula is C16H18N4O7S. The highest BCUT2D eigenvalue weighted by Gasteiger charge is 2.30. The Morgan fingerprint density at radius 1 is 1.25 bits per heavy atom. The number of rotatable bonds is 7. The molecule has 11 nitrogen and oxygen atoms in total. The molecule has 0 aliphatic rings. The van der Waals surface area contributed by atoms with Crippen LogP contribution in [0.5, 0.6) is 0 Å². The van der Waals surface area contributed by atoms with Crippen molar-refractivity contribution in [2.75, 3.05) is 18.5 Å². The Morgan fingerprint density at radius 2 is 1.86 bits per heavy atom. The number of carbonyl (C=O) groups excluding carboxylic acids is 3. The Kier molecular flexibility index (Phi) is 6.46. The maximum absolute atomic E-state index is 12.6. The molecule has 0 aromatic carbocycles. The third-order valence-corrected chi connectivity index (χ3v) is 4.83. The molecule has 28 heavy (non-hydrogen) atoms. The van der Waals surface area contributed by atoms with E-state index in [1.165, 1.54) is 14.0 Å². The number of esters is 2. The highest BCUT2D eigenvalue weighted by atomic mass is 32.1. The van der Waals surface area contributed by atoms with Gasteiger partial charge in [0.25, 0.3) is 5.91 Å². The summed E-state index contributed by atoms with van der Waals surface area (Å²) in [6.07, 6.45) is 0.949. The van der Waals surface area contributed by atoms with Crippen LogP contribution >= 0.6 is 11.3 Å². The second-order valence-corrected chi connectivity index (χ2v) is 6.44. The van der Waals surface area contributed by atoms with Crippen molar-refractivity contribution < 1.29 is 28.8 Å². The number of aromatic nitrogens is 2. The van der Waals surface area contributed by atoms with Crippen molar-refractivity contribution in [1.29, 1.82) is 0 Å². The topological polar surface area (TPSA) is 143 Å². The molecule has 0 atom stereocenters. The summed E-state index contributed by atoms with van der Waals surface area (Å²) in [6.45, 7) is 4.99. The number of nitrogens with one attached hydrogen (secondary N) is 1. The second-order valence-electron chi connectivity index (χ2n) is 5.41. The summed E-state index contributed by atoms with van der Waals surface area (Å²) in [7, 11) is 1.37. The van der Waals surface area contributed by atoms with Gasteiger partial charge >= 0.3 is 17.6 Å². The monoisotopic (exact) mass is 410 g/mol. The van der Waals surface area contributed by atoms with Gasteiger partial charge < -0.3 is 14.8 Å². The van der Waals surface area contributed by atoms with Crippen LogP contribution in [0.2, 0.25) is 0 Å². The van der Waals surface area contributed by atoms with Crippen molar-refractivity contribution in [3.63, 3.8) is 0 Å². The van der Waals surface area contributed by atoms with E-state index in [4.69, 9.17) is 9.47 Å². The van der Waals surface area contributed by atoms with E-state index < -0.39 is 28.5 Å². The molecule has 1 amide bonds. The summed E-state index contributed by atoms with van der Waals surface area (Å²) in [5, 5.41) is 17.3. The molecule has 0 fully saturated rings. The van der Waals surface area contributed by atoms with Crippen molar-refractivity contribution in [3.05, 3.63) is 38.0 Å². The van der Waals surface area contributed by atoms with Gasteiger partial charge in [-0.25, -0.2) is 9.59 Å². The molecular weight excluding hydrogens is 392 g/mol. The quantitative estimate of drug-likeness (QED) is 0.416. The fraction of sp³-hybridized carbons (Fsp3) is 0.375. The maximum atomic E-state index is 12.6. The average molecular weight is 410 g/mol. The van der Waals surface area contributed by atoms with Gasteiger partial charge in [-0.05, 0) is 26.3 Å². The predicted octanol–water partition coefficient (Wildman–Crippen LogP) is 2.30. The van der Waals surface area contributed by atoms with Crippen LogP contribution in [0, 0.1) is 17.0 Å². The van der Waals surface area contributed by atoms with Gasteiger partial charge in [-0.3, -0.25) is 19.6 Å². The molecule has 150 valence electrons. The predicted molar refractivity (Wildman–Crippen MR) is 98.8 cm³/mol. The zero-order chi connectivity index (χ0) is 21.0. The lowest BCUT2D eigenvalue weighted by atomic mass is 10.1. The summed E-state index contributed by atoms with van der Waals surface area (Å²) < 4.78 is 11.0. The normalized spacial score (nSPS) is 10.4. The smallest absolute Gasteiger partial charge is 0.348 e. The SMILES string of the molecule is CCOC(=O)c1sc(NC(=O)c2c([N+](=O)[O-])cnn2C)c(C(=O)OCC)c1C. The molecule has 2 aromatic rings. The van der Waals surface area contributed by atoms with Crippen molar-refractivity contribution in [3.8, 4) is 0 Å². The first-order valence-electron chi connectivity index (χ1n) is 8.18. The van der Waals surface area contributed by atoms with E-state index in [-0.39, 0.29) is 39.9 Å². The van der Waals surface area contributed by atoms with Gasteiger partial charge in [-0.2, -0.15) is 5.10 Å². The van der Waals surface area contributed by atoms with E-state index in [9.17, 15) is 24.5 Å². The van der Waals surface area contributed by atoms with Gasteiger partial charge in [0.1, 0.15) is 16.1 Å². The summed E-state index contributed by atoms with van der Waals surface area (Å²) in [4.78, 5) is 47.6. The molecule has 1 N–H and O–H groups in total. The first-order valence-corrected chi connectivity index (χ1v) is 8.99. The highest BCUT2D eigenvalue weighted by Crippen LogP contribution is 2.35. The number of thiophene rings is 1. The van der Waals surface area contributed by atoms with Crippen molar-refractivity contribution in [2.24, 2.45) is 7.05 Å². The van der Waals surface area contributed by atoms with Crippen LogP contribution in [0.25, 0.3) is 0 Å². The third-order valence-electron chi connectivity index (χ3n) is 3.65. The zero-order valence-electron chi connectivity index (χ0n) is 15.6.